The molecule has 0 spiro atoms. The van der Waals surface area contributed by atoms with Crippen molar-refractivity contribution in [2.75, 3.05) is 5.73 Å². The molecule has 0 aromatic heterocycles. The number of anilines is 1. The van der Waals surface area contributed by atoms with Crippen LogP contribution in [0.5, 0.6) is 0 Å². The Bertz CT molecular complexity index is 305. The predicted octanol–water partition coefficient (Wildman–Crippen LogP) is 1.14. The summed E-state index contributed by atoms with van der Waals surface area (Å²) in [5, 5.41) is 8.46. The molecule has 0 amide bonds. The van der Waals surface area contributed by atoms with E-state index in [1.54, 1.807) is 6.07 Å². The Morgan fingerprint density at radius 2 is 2.11 bits per heavy atom. The van der Waals surface area contributed by atoms with Crippen LogP contribution in [0, 0.1) is 11.3 Å². The first-order valence-corrected chi connectivity index (χ1v) is 2.42. The minimum atomic E-state index is 0.0116. The van der Waals surface area contributed by atoms with E-state index in [0.29, 0.717) is 5.69 Å². The molecule has 9 heavy (non-hydrogen) atoms. The fourth-order valence-electron chi connectivity index (χ4n) is 0.459. The van der Waals surface area contributed by atoms with E-state index in [-0.39, 0.29) is 17.6 Å². The van der Waals surface area contributed by atoms with Crippen molar-refractivity contribution >= 4 is 5.69 Å². The molecule has 1 aromatic carbocycles. The van der Waals surface area contributed by atoms with E-state index < -0.39 is 0 Å². The Morgan fingerprint density at radius 3 is 2.56 bits per heavy atom. The van der Waals surface area contributed by atoms with E-state index in [1.807, 2.05) is 0 Å². The molecule has 0 atom stereocenters. The van der Waals surface area contributed by atoms with Gasteiger partial charge in [0.05, 0.1) is 14.4 Å². The molecule has 0 saturated carbocycles. The molecule has 0 aliphatic carbocycles. The van der Waals surface area contributed by atoms with Gasteiger partial charge in [-0.15, -0.1) is 0 Å². The van der Waals surface area contributed by atoms with Crippen LogP contribution < -0.4 is 5.73 Å². The number of hydrogen-bond acceptors (Lipinski definition) is 2. The second-order valence-corrected chi connectivity index (χ2v) is 1.56. The molecule has 2 nitrogen and oxygen atoms in total. The summed E-state index contributed by atoms with van der Waals surface area (Å²) in [5.41, 5.74) is 5.75. The van der Waals surface area contributed by atoms with Crippen molar-refractivity contribution in [1.82, 2.24) is 0 Å². The number of nitrogen functional groups attached to an aromatic ring is 1. The third-order valence-electron chi connectivity index (χ3n) is 0.878. The SMILES string of the molecule is [2H]c1cc(N)cc([2H])c1C#N. The Labute approximate surface area is 56.3 Å². The molecule has 0 aliphatic rings. The van der Waals surface area contributed by atoms with Crippen LogP contribution in [0.15, 0.2) is 24.2 Å². The molecule has 0 radical (unpaired) electrons. The van der Waals surface area contributed by atoms with Crippen LogP contribution in [-0.4, -0.2) is 0 Å². The normalized spacial score (nSPS) is 11.4. The minimum absolute atomic E-state index is 0.0116. The average Bonchev–Trinajstić information content (AvgIpc) is 1.85. The lowest BCUT2D eigenvalue weighted by Crippen LogP contribution is -1.82. The zero-order valence-corrected chi connectivity index (χ0v) is 4.68. The molecule has 1 rings (SSSR count). The molecule has 0 fully saturated rings. The van der Waals surface area contributed by atoms with E-state index in [9.17, 15) is 0 Å². The summed E-state index contributed by atoms with van der Waals surface area (Å²) in [5.74, 6) is 0. The van der Waals surface area contributed by atoms with E-state index in [0.717, 1.165) is 0 Å². The van der Waals surface area contributed by atoms with Crippen molar-refractivity contribution in [3.05, 3.63) is 29.8 Å². The number of benzene rings is 1. The van der Waals surface area contributed by atoms with Crippen molar-refractivity contribution < 1.29 is 2.74 Å². The van der Waals surface area contributed by atoms with Gasteiger partial charge in [-0.1, -0.05) is 0 Å². The highest BCUT2D eigenvalue weighted by atomic mass is 14.5. The quantitative estimate of drug-likeness (QED) is 0.522. The highest BCUT2D eigenvalue weighted by Gasteiger charge is 1.85. The molecule has 0 saturated heterocycles. The summed E-state index contributed by atoms with van der Waals surface area (Å²) in [6.45, 7) is 0. The Morgan fingerprint density at radius 1 is 1.56 bits per heavy atom. The summed E-state index contributed by atoms with van der Waals surface area (Å²) in [6, 6.07) is 4.50. The zero-order valence-electron chi connectivity index (χ0n) is 6.68. The van der Waals surface area contributed by atoms with Crippen LogP contribution in [0.25, 0.3) is 0 Å². The molecule has 2 N–H and O–H groups in total. The molecule has 2 heteroatoms. The molecular formula is C7H6N2. The van der Waals surface area contributed by atoms with E-state index in [2.05, 4.69) is 0 Å². The van der Waals surface area contributed by atoms with Crippen molar-refractivity contribution in [2.45, 2.75) is 0 Å². The van der Waals surface area contributed by atoms with Gasteiger partial charge in [0, 0.05) is 5.69 Å². The van der Waals surface area contributed by atoms with Gasteiger partial charge in [-0.05, 0) is 24.2 Å². The largest absolute Gasteiger partial charge is 0.399 e. The van der Waals surface area contributed by atoms with Gasteiger partial charge in [0.2, 0.25) is 0 Å². The summed E-state index contributed by atoms with van der Waals surface area (Å²) < 4.78 is 14.5. The summed E-state index contributed by atoms with van der Waals surface area (Å²) in [4.78, 5) is 0. The van der Waals surface area contributed by atoms with Gasteiger partial charge in [-0.2, -0.15) is 5.26 Å². The van der Waals surface area contributed by atoms with Crippen LogP contribution in [0.4, 0.5) is 5.69 Å². The number of rotatable bonds is 0. The lowest BCUT2D eigenvalue weighted by molar-refractivity contribution is 1.49. The fraction of sp³-hybridized carbons (Fsp3) is 0. The predicted molar refractivity (Wildman–Crippen MR) is 35.6 cm³/mol. The van der Waals surface area contributed by atoms with Gasteiger partial charge >= 0.3 is 0 Å². The van der Waals surface area contributed by atoms with Gasteiger partial charge in [0.15, 0.2) is 0 Å². The number of nitrogens with two attached hydrogens (primary N) is 1. The first kappa shape index (κ1) is 3.52. The molecule has 44 valence electrons. The van der Waals surface area contributed by atoms with Gasteiger partial charge in [0.1, 0.15) is 0 Å². The van der Waals surface area contributed by atoms with Crippen molar-refractivity contribution in [3.63, 3.8) is 0 Å². The van der Waals surface area contributed by atoms with Gasteiger partial charge in [-0.25, -0.2) is 0 Å². The summed E-state index contributed by atoms with van der Waals surface area (Å²) >= 11 is 0. The number of hydrogen-bond donors (Lipinski definition) is 1. The summed E-state index contributed by atoms with van der Waals surface area (Å²) in [7, 11) is 0. The van der Waals surface area contributed by atoms with Crippen LogP contribution in [0.2, 0.25) is 0 Å². The lowest BCUT2D eigenvalue weighted by atomic mass is 10.2. The molecule has 0 bridgehead atoms. The Hall–Kier alpha value is -1.49. The topological polar surface area (TPSA) is 49.8 Å². The van der Waals surface area contributed by atoms with Crippen molar-refractivity contribution in [3.8, 4) is 6.07 Å². The maximum absolute atomic E-state index is 8.46. The monoisotopic (exact) mass is 120 g/mol. The van der Waals surface area contributed by atoms with Gasteiger partial charge in [0.25, 0.3) is 0 Å². The second kappa shape index (κ2) is 2.19. The van der Waals surface area contributed by atoms with Crippen LogP contribution in [-0.2, 0) is 0 Å². The highest BCUT2D eigenvalue weighted by molar-refractivity contribution is 5.42. The van der Waals surface area contributed by atoms with E-state index in [4.69, 9.17) is 13.7 Å². The third kappa shape index (κ3) is 1.20. The molecule has 1 aromatic rings. The fourth-order valence-corrected chi connectivity index (χ4v) is 0.459. The number of nitriles is 1. The van der Waals surface area contributed by atoms with E-state index in [1.165, 1.54) is 12.1 Å². The van der Waals surface area contributed by atoms with Crippen LogP contribution >= 0.6 is 0 Å². The van der Waals surface area contributed by atoms with Crippen molar-refractivity contribution in [1.29, 1.82) is 5.26 Å². The molecule has 0 heterocycles. The zero-order chi connectivity index (χ0) is 8.43. The van der Waals surface area contributed by atoms with Crippen LogP contribution in [0.1, 0.15) is 8.30 Å². The minimum Gasteiger partial charge on any atom is -0.399 e. The maximum atomic E-state index is 8.46. The first-order chi connectivity index (χ1) is 5.15. The Balaban J connectivity index is 3.40. The number of nitrogens with zero attached hydrogens (tertiary/aromatic N) is 1. The first-order valence-electron chi connectivity index (χ1n) is 3.42. The van der Waals surface area contributed by atoms with Crippen LogP contribution in [0.3, 0.4) is 0 Å². The Kier molecular flexibility index (Phi) is 0.855. The third-order valence-corrected chi connectivity index (χ3v) is 0.878. The smallest absolute Gasteiger partial charge is 0.0991 e. The molecular weight excluding hydrogens is 112 g/mol. The summed E-state index contributed by atoms with van der Waals surface area (Å²) in [6.07, 6.45) is 0. The molecule has 0 unspecified atom stereocenters. The van der Waals surface area contributed by atoms with E-state index >= 15 is 0 Å². The second-order valence-electron chi connectivity index (χ2n) is 1.56. The van der Waals surface area contributed by atoms with Gasteiger partial charge < -0.3 is 5.73 Å². The lowest BCUT2D eigenvalue weighted by Gasteiger charge is -1.88. The molecule has 0 aliphatic heterocycles. The van der Waals surface area contributed by atoms with Gasteiger partial charge in [-0.3, -0.25) is 0 Å². The maximum Gasteiger partial charge on any atom is 0.0991 e. The standard InChI is InChI=1S/C7H6N2/c8-5-6-1-3-7(9)4-2-6/h1-4H,9H2/i1D,2D. The highest BCUT2D eigenvalue weighted by Crippen LogP contribution is 2.02. The van der Waals surface area contributed by atoms with Crippen molar-refractivity contribution in [2.24, 2.45) is 0 Å². The average molecular weight is 120 g/mol.